The average molecular weight is 370 g/mol. The SMILES string of the molecule is C[C@@H](c1ccccc1)N1C(=O)/C(=C/c2cccc([N+](=O)[O-])c2)SC1=S. The Hall–Kier alpha value is -2.51. The highest BCUT2D eigenvalue weighted by Crippen LogP contribution is 2.38. The Bertz CT molecular complexity index is 881. The first-order valence-corrected chi connectivity index (χ1v) is 8.76. The van der Waals surface area contributed by atoms with E-state index < -0.39 is 4.92 Å². The Balaban J connectivity index is 1.88. The van der Waals surface area contributed by atoms with E-state index in [1.807, 2.05) is 37.3 Å². The van der Waals surface area contributed by atoms with E-state index in [1.165, 1.54) is 23.9 Å². The van der Waals surface area contributed by atoms with Crippen molar-refractivity contribution in [2.24, 2.45) is 0 Å². The van der Waals surface area contributed by atoms with Crippen molar-refractivity contribution in [1.29, 1.82) is 0 Å². The van der Waals surface area contributed by atoms with Crippen molar-refractivity contribution in [2.75, 3.05) is 0 Å². The molecule has 1 atom stereocenters. The second-order valence-corrected chi connectivity index (χ2v) is 7.17. The molecule has 1 saturated heterocycles. The molecule has 126 valence electrons. The Morgan fingerprint density at radius 1 is 1.20 bits per heavy atom. The molecule has 0 N–H and O–H groups in total. The molecule has 2 aromatic rings. The number of amides is 1. The fourth-order valence-electron chi connectivity index (χ4n) is 2.57. The highest BCUT2D eigenvalue weighted by atomic mass is 32.2. The number of nitrogens with zero attached hydrogens (tertiary/aromatic N) is 2. The lowest BCUT2D eigenvalue weighted by Gasteiger charge is -2.23. The van der Waals surface area contributed by atoms with Crippen LogP contribution in [0.1, 0.15) is 24.1 Å². The van der Waals surface area contributed by atoms with Gasteiger partial charge in [0.2, 0.25) is 0 Å². The summed E-state index contributed by atoms with van der Waals surface area (Å²) in [4.78, 5) is 25.2. The Morgan fingerprint density at radius 3 is 2.60 bits per heavy atom. The summed E-state index contributed by atoms with van der Waals surface area (Å²) in [6.45, 7) is 1.93. The van der Waals surface area contributed by atoms with E-state index in [0.717, 1.165) is 5.56 Å². The van der Waals surface area contributed by atoms with E-state index in [4.69, 9.17) is 12.2 Å². The van der Waals surface area contributed by atoms with Crippen molar-refractivity contribution in [3.63, 3.8) is 0 Å². The molecule has 3 rings (SSSR count). The van der Waals surface area contributed by atoms with Crippen LogP contribution in [0, 0.1) is 10.1 Å². The van der Waals surface area contributed by atoms with Gasteiger partial charge in [0.05, 0.1) is 15.9 Å². The zero-order chi connectivity index (χ0) is 18.0. The van der Waals surface area contributed by atoms with Gasteiger partial charge in [0.1, 0.15) is 4.32 Å². The van der Waals surface area contributed by atoms with Crippen LogP contribution in [-0.4, -0.2) is 20.1 Å². The molecule has 7 heteroatoms. The molecule has 1 heterocycles. The molecule has 1 aliphatic heterocycles. The van der Waals surface area contributed by atoms with Gasteiger partial charge < -0.3 is 0 Å². The van der Waals surface area contributed by atoms with Gasteiger partial charge in [-0.3, -0.25) is 19.8 Å². The highest BCUT2D eigenvalue weighted by Gasteiger charge is 2.35. The molecule has 25 heavy (non-hydrogen) atoms. The van der Waals surface area contributed by atoms with Crippen LogP contribution in [0.4, 0.5) is 5.69 Å². The predicted octanol–water partition coefficient (Wildman–Crippen LogP) is 4.56. The number of hydrogen-bond acceptors (Lipinski definition) is 5. The van der Waals surface area contributed by atoms with Crippen molar-refractivity contribution >= 4 is 46.0 Å². The number of nitro groups is 1. The van der Waals surface area contributed by atoms with Crippen LogP contribution >= 0.6 is 24.0 Å². The summed E-state index contributed by atoms with van der Waals surface area (Å²) in [5, 5.41) is 10.9. The quantitative estimate of drug-likeness (QED) is 0.342. The van der Waals surface area contributed by atoms with Crippen LogP contribution in [0.3, 0.4) is 0 Å². The fourth-order valence-corrected chi connectivity index (χ4v) is 3.99. The van der Waals surface area contributed by atoms with Gasteiger partial charge in [-0.25, -0.2) is 0 Å². The number of thiocarbonyl (C=S) groups is 1. The summed E-state index contributed by atoms with van der Waals surface area (Å²) >= 11 is 6.59. The van der Waals surface area contributed by atoms with Gasteiger partial charge in [0.15, 0.2) is 0 Å². The van der Waals surface area contributed by atoms with E-state index in [2.05, 4.69) is 0 Å². The molecule has 0 bridgehead atoms. The predicted molar refractivity (Wildman–Crippen MR) is 103 cm³/mol. The molecule has 0 saturated carbocycles. The molecule has 2 aromatic carbocycles. The number of non-ortho nitro benzene ring substituents is 1. The number of thioether (sulfide) groups is 1. The zero-order valence-electron chi connectivity index (χ0n) is 13.3. The number of carbonyl (C=O) groups excluding carboxylic acids is 1. The Kier molecular flexibility index (Phi) is 4.96. The van der Waals surface area contributed by atoms with Crippen LogP contribution in [0.2, 0.25) is 0 Å². The normalized spacial score (nSPS) is 17.2. The lowest BCUT2D eigenvalue weighted by molar-refractivity contribution is -0.384. The minimum absolute atomic E-state index is 0.0121. The van der Waals surface area contributed by atoms with E-state index in [9.17, 15) is 14.9 Å². The summed E-state index contributed by atoms with van der Waals surface area (Å²) in [6.07, 6.45) is 1.64. The Labute approximate surface area is 154 Å². The standard InChI is InChI=1S/C18H14N2O3S2/c1-12(14-7-3-2-4-8-14)19-17(21)16(25-18(19)24)11-13-6-5-9-15(10-13)20(22)23/h2-12H,1H3/b16-11-/t12-/m0/s1. The van der Waals surface area contributed by atoms with Gasteiger partial charge >= 0.3 is 0 Å². The summed E-state index contributed by atoms with van der Waals surface area (Å²) in [5.41, 5.74) is 1.58. The highest BCUT2D eigenvalue weighted by molar-refractivity contribution is 8.26. The van der Waals surface area contributed by atoms with Crippen molar-refractivity contribution in [3.8, 4) is 0 Å². The topological polar surface area (TPSA) is 63.5 Å². The van der Waals surface area contributed by atoms with Crippen molar-refractivity contribution < 1.29 is 9.72 Å². The largest absolute Gasteiger partial charge is 0.286 e. The minimum Gasteiger partial charge on any atom is -0.286 e. The molecule has 0 aromatic heterocycles. The third-order valence-corrected chi connectivity index (χ3v) is 5.20. The number of hydrogen-bond donors (Lipinski definition) is 0. The maximum absolute atomic E-state index is 12.8. The average Bonchev–Trinajstić information content (AvgIpc) is 2.89. The molecule has 1 aliphatic rings. The Morgan fingerprint density at radius 2 is 1.92 bits per heavy atom. The first-order chi connectivity index (χ1) is 12.0. The summed E-state index contributed by atoms with van der Waals surface area (Å²) in [7, 11) is 0. The van der Waals surface area contributed by atoms with Gasteiger partial charge in [-0.05, 0) is 24.1 Å². The van der Waals surface area contributed by atoms with Crippen LogP contribution in [0.25, 0.3) is 6.08 Å². The number of nitro benzene ring substituents is 1. The number of carbonyl (C=O) groups is 1. The van der Waals surface area contributed by atoms with Crippen LogP contribution in [0.5, 0.6) is 0 Å². The lowest BCUT2D eigenvalue weighted by Crippen LogP contribution is -2.30. The maximum Gasteiger partial charge on any atom is 0.270 e. The smallest absolute Gasteiger partial charge is 0.270 e. The third kappa shape index (κ3) is 3.62. The van der Waals surface area contributed by atoms with Crippen molar-refractivity contribution in [2.45, 2.75) is 13.0 Å². The van der Waals surface area contributed by atoms with E-state index >= 15 is 0 Å². The van der Waals surface area contributed by atoms with Gasteiger partial charge in [-0.1, -0.05) is 66.4 Å². The van der Waals surface area contributed by atoms with E-state index in [-0.39, 0.29) is 17.6 Å². The first kappa shape index (κ1) is 17.3. The summed E-state index contributed by atoms with van der Waals surface area (Å²) < 4.78 is 0.484. The van der Waals surface area contributed by atoms with Gasteiger partial charge in [0.25, 0.3) is 11.6 Å². The van der Waals surface area contributed by atoms with Crippen LogP contribution in [-0.2, 0) is 4.79 Å². The molecule has 5 nitrogen and oxygen atoms in total. The monoisotopic (exact) mass is 370 g/mol. The van der Waals surface area contributed by atoms with Crippen molar-refractivity contribution in [3.05, 3.63) is 80.7 Å². The van der Waals surface area contributed by atoms with Crippen molar-refractivity contribution in [1.82, 2.24) is 4.90 Å². The molecule has 0 aliphatic carbocycles. The second kappa shape index (κ2) is 7.16. The van der Waals surface area contributed by atoms with Crippen LogP contribution in [0.15, 0.2) is 59.5 Å². The van der Waals surface area contributed by atoms with Gasteiger partial charge in [-0.15, -0.1) is 0 Å². The first-order valence-electron chi connectivity index (χ1n) is 7.54. The molecule has 1 amide bonds. The molecule has 0 unspecified atom stereocenters. The molecular formula is C18H14N2O3S2. The third-order valence-electron chi connectivity index (χ3n) is 3.87. The molecule has 1 fully saturated rings. The number of rotatable bonds is 4. The fraction of sp³-hybridized carbons (Fsp3) is 0.111. The van der Waals surface area contributed by atoms with Gasteiger partial charge in [-0.2, -0.15) is 0 Å². The molecular weight excluding hydrogens is 356 g/mol. The second-order valence-electron chi connectivity index (χ2n) is 5.49. The maximum atomic E-state index is 12.8. The number of benzene rings is 2. The summed E-state index contributed by atoms with van der Waals surface area (Å²) in [5.74, 6) is -0.183. The van der Waals surface area contributed by atoms with E-state index in [1.54, 1.807) is 23.1 Å². The summed E-state index contributed by atoms with van der Waals surface area (Å²) in [6, 6.07) is 15.7. The van der Waals surface area contributed by atoms with Crippen LogP contribution < -0.4 is 0 Å². The van der Waals surface area contributed by atoms with E-state index in [0.29, 0.717) is 14.8 Å². The van der Waals surface area contributed by atoms with Gasteiger partial charge in [0, 0.05) is 12.1 Å². The molecule has 0 spiro atoms. The zero-order valence-corrected chi connectivity index (χ0v) is 14.9. The minimum atomic E-state index is -0.458. The molecule has 0 radical (unpaired) electrons. The lowest BCUT2D eigenvalue weighted by atomic mass is 10.1.